The van der Waals surface area contributed by atoms with Gasteiger partial charge in [-0.15, -0.1) is 0 Å². The van der Waals surface area contributed by atoms with Crippen molar-refractivity contribution in [2.24, 2.45) is 0 Å². The van der Waals surface area contributed by atoms with Gasteiger partial charge in [0.25, 0.3) is 0 Å². The van der Waals surface area contributed by atoms with Crippen molar-refractivity contribution in [1.29, 1.82) is 0 Å². The van der Waals surface area contributed by atoms with Crippen LogP contribution >= 0.6 is 0 Å². The van der Waals surface area contributed by atoms with Crippen molar-refractivity contribution >= 4 is 0 Å². The number of rotatable bonds is 5. The van der Waals surface area contributed by atoms with Crippen LogP contribution in [0.1, 0.15) is 26.2 Å². The second kappa shape index (κ2) is 4.78. The molecule has 17 heavy (non-hydrogen) atoms. The molecule has 2 atom stereocenters. The number of hydrogen-bond acceptors (Lipinski definition) is 3. The zero-order valence-corrected chi connectivity index (χ0v) is 10.5. The molecule has 0 radical (unpaired) electrons. The van der Waals surface area contributed by atoms with Gasteiger partial charge in [-0.3, -0.25) is 9.58 Å². The molecular formula is C13H22N4. The molecule has 0 spiro atoms. The minimum absolute atomic E-state index is 0.499. The Hall–Kier alpha value is -0.870. The Labute approximate surface area is 103 Å². The Morgan fingerprint density at radius 3 is 3.00 bits per heavy atom. The Morgan fingerprint density at radius 2 is 2.29 bits per heavy atom. The van der Waals surface area contributed by atoms with Crippen LogP contribution in [0.25, 0.3) is 0 Å². The molecule has 0 amide bonds. The van der Waals surface area contributed by atoms with Gasteiger partial charge in [-0.1, -0.05) is 0 Å². The summed E-state index contributed by atoms with van der Waals surface area (Å²) in [5, 5.41) is 7.98. The molecule has 0 aromatic carbocycles. The van der Waals surface area contributed by atoms with Crippen molar-refractivity contribution in [1.82, 2.24) is 20.0 Å². The van der Waals surface area contributed by atoms with Crippen molar-refractivity contribution in [3.63, 3.8) is 0 Å². The van der Waals surface area contributed by atoms with Crippen LogP contribution in [0.4, 0.5) is 0 Å². The second-order valence-corrected chi connectivity index (χ2v) is 5.51. The first-order valence-electron chi connectivity index (χ1n) is 6.79. The lowest BCUT2D eigenvalue weighted by Crippen LogP contribution is -2.41. The monoisotopic (exact) mass is 234 g/mol. The third-order valence-electron chi connectivity index (χ3n) is 3.82. The fourth-order valence-corrected chi connectivity index (χ4v) is 2.84. The minimum atomic E-state index is 0.499. The van der Waals surface area contributed by atoms with Crippen LogP contribution in [0.5, 0.6) is 0 Å². The van der Waals surface area contributed by atoms with E-state index in [2.05, 4.69) is 22.2 Å². The molecule has 4 heteroatoms. The second-order valence-electron chi connectivity index (χ2n) is 5.51. The molecule has 1 saturated heterocycles. The maximum Gasteiger partial charge on any atom is 0.0560 e. The van der Waals surface area contributed by atoms with E-state index in [1.165, 1.54) is 32.4 Å². The Balaban J connectivity index is 1.43. The van der Waals surface area contributed by atoms with Crippen LogP contribution in [0, 0.1) is 0 Å². The van der Waals surface area contributed by atoms with Crippen LogP contribution in [0.15, 0.2) is 18.5 Å². The SMILES string of the molecule is CC(Cn1cccn1)NC1CCN(C2CC2)C1. The molecule has 0 bridgehead atoms. The molecule has 2 fully saturated rings. The summed E-state index contributed by atoms with van der Waals surface area (Å²) >= 11 is 0. The third-order valence-corrected chi connectivity index (χ3v) is 3.82. The van der Waals surface area contributed by atoms with Gasteiger partial charge in [0.1, 0.15) is 0 Å². The Bertz CT molecular complexity index is 344. The van der Waals surface area contributed by atoms with Crippen LogP contribution < -0.4 is 5.32 Å². The van der Waals surface area contributed by atoms with Gasteiger partial charge in [-0.2, -0.15) is 5.10 Å². The zero-order chi connectivity index (χ0) is 11.7. The summed E-state index contributed by atoms with van der Waals surface area (Å²) in [7, 11) is 0. The predicted molar refractivity (Wildman–Crippen MR) is 67.8 cm³/mol. The average molecular weight is 234 g/mol. The quantitative estimate of drug-likeness (QED) is 0.828. The summed E-state index contributed by atoms with van der Waals surface area (Å²) in [4.78, 5) is 2.65. The Morgan fingerprint density at radius 1 is 1.41 bits per heavy atom. The van der Waals surface area contributed by atoms with E-state index in [0.29, 0.717) is 12.1 Å². The van der Waals surface area contributed by atoms with Crippen molar-refractivity contribution in [3.8, 4) is 0 Å². The van der Waals surface area contributed by atoms with Crippen molar-refractivity contribution in [2.75, 3.05) is 13.1 Å². The van der Waals surface area contributed by atoms with E-state index in [9.17, 15) is 0 Å². The van der Waals surface area contributed by atoms with E-state index in [1.807, 2.05) is 23.1 Å². The molecule has 1 aliphatic heterocycles. The highest BCUT2D eigenvalue weighted by atomic mass is 15.3. The number of hydrogen-bond donors (Lipinski definition) is 1. The lowest BCUT2D eigenvalue weighted by atomic mass is 10.2. The zero-order valence-electron chi connectivity index (χ0n) is 10.5. The number of aromatic nitrogens is 2. The summed E-state index contributed by atoms with van der Waals surface area (Å²) in [5.41, 5.74) is 0. The van der Waals surface area contributed by atoms with Gasteiger partial charge in [-0.25, -0.2) is 0 Å². The standard InChI is InChI=1S/C13H22N4/c1-11(9-17-7-2-6-14-17)15-12-5-8-16(10-12)13-3-4-13/h2,6-7,11-13,15H,3-5,8-10H2,1H3. The summed E-state index contributed by atoms with van der Waals surface area (Å²) in [6.45, 7) is 5.75. The number of nitrogens with zero attached hydrogens (tertiary/aromatic N) is 3. The van der Waals surface area contributed by atoms with E-state index in [-0.39, 0.29) is 0 Å². The maximum atomic E-state index is 4.25. The van der Waals surface area contributed by atoms with E-state index in [1.54, 1.807) is 0 Å². The largest absolute Gasteiger partial charge is 0.308 e. The van der Waals surface area contributed by atoms with Gasteiger partial charge in [0.15, 0.2) is 0 Å². The van der Waals surface area contributed by atoms with E-state index in [0.717, 1.165) is 12.6 Å². The maximum absolute atomic E-state index is 4.25. The summed E-state index contributed by atoms with van der Waals surface area (Å²) in [5.74, 6) is 0. The topological polar surface area (TPSA) is 33.1 Å². The van der Waals surface area contributed by atoms with Crippen molar-refractivity contribution in [3.05, 3.63) is 18.5 Å². The first-order valence-corrected chi connectivity index (χ1v) is 6.79. The smallest absolute Gasteiger partial charge is 0.0560 e. The summed E-state index contributed by atoms with van der Waals surface area (Å²) in [6.07, 6.45) is 8.03. The van der Waals surface area contributed by atoms with Gasteiger partial charge >= 0.3 is 0 Å². The molecular weight excluding hydrogens is 212 g/mol. The molecule has 1 N–H and O–H groups in total. The first kappa shape index (κ1) is 11.2. The van der Waals surface area contributed by atoms with Gasteiger partial charge in [0.2, 0.25) is 0 Å². The Kier molecular flexibility index (Phi) is 3.16. The predicted octanol–water partition coefficient (Wildman–Crippen LogP) is 1.10. The first-order chi connectivity index (χ1) is 8.31. The van der Waals surface area contributed by atoms with Gasteiger partial charge in [0, 0.05) is 43.6 Å². The van der Waals surface area contributed by atoms with Crippen molar-refractivity contribution < 1.29 is 0 Å². The molecule has 2 heterocycles. The van der Waals surface area contributed by atoms with E-state index >= 15 is 0 Å². The van der Waals surface area contributed by atoms with Gasteiger partial charge in [0.05, 0.1) is 6.54 Å². The highest BCUT2D eigenvalue weighted by molar-refractivity contribution is 4.92. The van der Waals surface area contributed by atoms with Crippen LogP contribution in [0.2, 0.25) is 0 Å². The molecule has 4 nitrogen and oxygen atoms in total. The number of likely N-dealkylation sites (tertiary alicyclic amines) is 1. The lowest BCUT2D eigenvalue weighted by molar-refractivity contribution is 0.309. The lowest BCUT2D eigenvalue weighted by Gasteiger charge is -2.20. The highest BCUT2D eigenvalue weighted by Crippen LogP contribution is 2.29. The van der Waals surface area contributed by atoms with Gasteiger partial charge in [-0.05, 0) is 32.3 Å². The molecule has 1 aromatic rings. The van der Waals surface area contributed by atoms with Crippen LogP contribution in [0.3, 0.4) is 0 Å². The molecule has 1 saturated carbocycles. The normalized spacial score (nSPS) is 27.5. The molecule has 2 unspecified atom stereocenters. The molecule has 94 valence electrons. The average Bonchev–Trinajstić information content (AvgIpc) is 2.84. The fraction of sp³-hybridized carbons (Fsp3) is 0.769. The van der Waals surface area contributed by atoms with Crippen LogP contribution in [-0.2, 0) is 6.54 Å². The summed E-state index contributed by atoms with van der Waals surface area (Å²) in [6, 6.07) is 4.08. The van der Waals surface area contributed by atoms with Gasteiger partial charge < -0.3 is 5.32 Å². The van der Waals surface area contributed by atoms with Crippen molar-refractivity contribution in [2.45, 2.75) is 50.9 Å². The summed E-state index contributed by atoms with van der Waals surface area (Å²) < 4.78 is 2.01. The minimum Gasteiger partial charge on any atom is -0.308 e. The molecule has 2 aliphatic rings. The fourth-order valence-electron chi connectivity index (χ4n) is 2.84. The molecule has 3 rings (SSSR count). The molecule has 1 aliphatic carbocycles. The van der Waals surface area contributed by atoms with E-state index in [4.69, 9.17) is 0 Å². The number of nitrogens with one attached hydrogen (secondary N) is 1. The van der Waals surface area contributed by atoms with Crippen LogP contribution in [-0.4, -0.2) is 45.9 Å². The molecule has 1 aromatic heterocycles. The highest BCUT2D eigenvalue weighted by Gasteiger charge is 2.34. The van der Waals surface area contributed by atoms with E-state index < -0.39 is 0 Å². The third kappa shape index (κ3) is 2.87.